The van der Waals surface area contributed by atoms with Crippen molar-refractivity contribution in [1.29, 1.82) is 0 Å². The highest BCUT2D eigenvalue weighted by Gasteiger charge is 2.36. The van der Waals surface area contributed by atoms with E-state index in [1.807, 2.05) is 79.4 Å². The smallest absolute Gasteiger partial charge is 0.232 e. The number of anilines is 1. The van der Waals surface area contributed by atoms with Gasteiger partial charge in [-0.05, 0) is 85.5 Å². The molecule has 0 saturated heterocycles. The van der Waals surface area contributed by atoms with E-state index in [-0.39, 0.29) is 24.5 Å². The van der Waals surface area contributed by atoms with Crippen molar-refractivity contribution in [2.45, 2.75) is 45.8 Å². The standard InChI is InChI=1S/C28H30ClNO4/c1-5-18(3)34-26-17-24-20(15-25(26)33-6-2)16-27(31)30(22-11-13-23(32-4)14-12-22)28(24)19-7-9-21(29)10-8-19/h7-15,17-18,28H,5-6,16H2,1-4H3. The summed E-state index contributed by atoms with van der Waals surface area (Å²) in [5.74, 6) is 2.11. The molecule has 0 radical (unpaired) electrons. The summed E-state index contributed by atoms with van der Waals surface area (Å²) in [6.07, 6.45) is 1.18. The lowest BCUT2D eigenvalue weighted by atomic mass is 9.86. The van der Waals surface area contributed by atoms with Crippen molar-refractivity contribution in [3.8, 4) is 17.2 Å². The first-order chi connectivity index (χ1) is 16.4. The van der Waals surface area contributed by atoms with Crippen LogP contribution in [0.2, 0.25) is 5.02 Å². The molecule has 0 spiro atoms. The molecule has 1 amide bonds. The topological polar surface area (TPSA) is 48.0 Å². The van der Waals surface area contributed by atoms with Crippen LogP contribution in [0.3, 0.4) is 0 Å². The molecule has 178 valence electrons. The van der Waals surface area contributed by atoms with Gasteiger partial charge in [-0.3, -0.25) is 4.79 Å². The quantitative estimate of drug-likeness (QED) is 0.365. The predicted octanol–water partition coefficient (Wildman–Crippen LogP) is 6.60. The maximum Gasteiger partial charge on any atom is 0.232 e. The Morgan fingerprint density at radius 2 is 1.74 bits per heavy atom. The summed E-state index contributed by atoms with van der Waals surface area (Å²) in [5.41, 5.74) is 3.72. The molecule has 1 heterocycles. The van der Waals surface area contributed by atoms with Crippen LogP contribution in [0.1, 0.15) is 49.9 Å². The molecule has 2 unspecified atom stereocenters. The van der Waals surface area contributed by atoms with Gasteiger partial charge in [0, 0.05) is 10.7 Å². The minimum Gasteiger partial charge on any atom is -0.497 e. The average Bonchev–Trinajstić information content (AvgIpc) is 2.84. The van der Waals surface area contributed by atoms with Crippen LogP contribution in [0, 0.1) is 0 Å². The van der Waals surface area contributed by atoms with Crippen LogP contribution in [0.25, 0.3) is 0 Å². The Morgan fingerprint density at radius 1 is 1.03 bits per heavy atom. The van der Waals surface area contributed by atoms with Crippen molar-refractivity contribution in [1.82, 2.24) is 0 Å². The number of hydrogen-bond acceptors (Lipinski definition) is 4. The number of ether oxygens (including phenoxy) is 3. The van der Waals surface area contributed by atoms with E-state index >= 15 is 0 Å². The molecule has 0 fully saturated rings. The number of methoxy groups -OCH3 is 1. The third-order valence-electron chi connectivity index (χ3n) is 6.11. The molecular formula is C28H30ClNO4. The van der Waals surface area contributed by atoms with E-state index in [0.29, 0.717) is 23.1 Å². The highest BCUT2D eigenvalue weighted by molar-refractivity contribution is 6.30. The van der Waals surface area contributed by atoms with Gasteiger partial charge in [-0.1, -0.05) is 30.7 Å². The van der Waals surface area contributed by atoms with Gasteiger partial charge in [-0.2, -0.15) is 0 Å². The van der Waals surface area contributed by atoms with E-state index in [4.69, 9.17) is 25.8 Å². The number of halogens is 1. The second-order valence-corrected chi connectivity index (χ2v) is 8.80. The van der Waals surface area contributed by atoms with Crippen LogP contribution < -0.4 is 19.1 Å². The Hall–Kier alpha value is -3.18. The zero-order chi connectivity index (χ0) is 24.2. The van der Waals surface area contributed by atoms with E-state index in [1.165, 1.54) is 0 Å². The normalized spacial score (nSPS) is 16.1. The van der Waals surface area contributed by atoms with Gasteiger partial charge in [-0.25, -0.2) is 0 Å². The van der Waals surface area contributed by atoms with Crippen LogP contribution in [-0.2, 0) is 11.2 Å². The molecule has 2 atom stereocenters. The number of nitrogens with zero attached hydrogens (tertiary/aromatic N) is 1. The Labute approximate surface area is 206 Å². The fraction of sp³-hybridized carbons (Fsp3) is 0.321. The SMILES string of the molecule is CCOc1cc2c(cc1OC(C)CC)C(c1ccc(Cl)cc1)N(c1ccc(OC)cc1)C(=O)C2. The molecule has 0 bridgehead atoms. The lowest BCUT2D eigenvalue weighted by molar-refractivity contribution is -0.118. The van der Waals surface area contributed by atoms with Crippen LogP contribution >= 0.6 is 11.6 Å². The first kappa shape index (κ1) is 24.0. The van der Waals surface area contributed by atoms with Gasteiger partial charge in [-0.15, -0.1) is 0 Å². The predicted molar refractivity (Wildman–Crippen MR) is 135 cm³/mol. The third-order valence-corrected chi connectivity index (χ3v) is 6.36. The summed E-state index contributed by atoms with van der Waals surface area (Å²) in [6.45, 7) is 6.59. The molecule has 6 heteroatoms. The van der Waals surface area contributed by atoms with E-state index in [1.54, 1.807) is 7.11 Å². The number of hydrogen-bond donors (Lipinski definition) is 0. The molecule has 4 rings (SSSR count). The summed E-state index contributed by atoms with van der Waals surface area (Å²) in [4.78, 5) is 15.4. The van der Waals surface area contributed by atoms with Gasteiger partial charge in [0.25, 0.3) is 0 Å². The second kappa shape index (κ2) is 10.4. The first-order valence-electron chi connectivity index (χ1n) is 11.6. The Morgan fingerprint density at radius 3 is 2.35 bits per heavy atom. The average molecular weight is 480 g/mol. The lowest BCUT2D eigenvalue weighted by Crippen LogP contribution is -2.41. The van der Waals surface area contributed by atoms with Crippen LogP contribution in [0.15, 0.2) is 60.7 Å². The Bertz CT molecular complexity index is 1140. The molecular weight excluding hydrogens is 450 g/mol. The van der Waals surface area contributed by atoms with E-state index in [2.05, 4.69) is 6.92 Å². The van der Waals surface area contributed by atoms with E-state index in [9.17, 15) is 4.79 Å². The van der Waals surface area contributed by atoms with Crippen molar-refractivity contribution in [3.63, 3.8) is 0 Å². The van der Waals surface area contributed by atoms with Crippen molar-refractivity contribution >= 4 is 23.2 Å². The summed E-state index contributed by atoms with van der Waals surface area (Å²) < 4.78 is 17.5. The summed E-state index contributed by atoms with van der Waals surface area (Å²) in [6, 6.07) is 18.9. The van der Waals surface area contributed by atoms with Crippen LogP contribution in [0.5, 0.6) is 17.2 Å². The maximum absolute atomic E-state index is 13.5. The molecule has 0 N–H and O–H groups in total. The first-order valence-corrected chi connectivity index (χ1v) is 12.0. The maximum atomic E-state index is 13.5. The zero-order valence-electron chi connectivity index (χ0n) is 20.0. The molecule has 0 saturated carbocycles. The summed E-state index contributed by atoms with van der Waals surface area (Å²) >= 11 is 6.19. The van der Waals surface area contributed by atoms with E-state index < -0.39 is 0 Å². The molecule has 5 nitrogen and oxygen atoms in total. The van der Waals surface area contributed by atoms with Gasteiger partial charge >= 0.3 is 0 Å². The number of carbonyl (C=O) groups excluding carboxylic acids is 1. The Kier molecular flexibility index (Phi) is 7.32. The second-order valence-electron chi connectivity index (χ2n) is 8.36. The van der Waals surface area contributed by atoms with Crippen molar-refractivity contribution < 1.29 is 19.0 Å². The molecule has 0 aromatic heterocycles. The largest absolute Gasteiger partial charge is 0.497 e. The van der Waals surface area contributed by atoms with Gasteiger partial charge in [0.05, 0.1) is 32.3 Å². The summed E-state index contributed by atoms with van der Waals surface area (Å²) in [7, 11) is 1.63. The molecule has 1 aliphatic heterocycles. The van der Waals surface area contributed by atoms with Gasteiger partial charge in [0.2, 0.25) is 5.91 Å². The van der Waals surface area contributed by atoms with Gasteiger partial charge in [0.15, 0.2) is 11.5 Å². The molecule has 34 heavy (non-hydrogen) atoms. The molecule has 3 aromatic rings. The van der Waals surface area contributed by atoms with Crippen molar-refractivity contribution in [2.24, 2.45) is 0 Å². The van der Waals surface area contributed by atoms with Crippen molar-refractivity contribution in [3.05, 3.63) is 82.4 Å². The fourth-order valence-electron chi connectivity index (χ4n) is 4.23. The monoisotopic (exact) mass is 479 g/mol. The highest BCUT2D eigenvalue weighted by Crippen LogP contribution is 2.44. The number of rotatable bonds is 8. The minimum atomic E-state index is -0.336. The van der Waals surface area contributed by atoms with Gasteiger partial charge < -0.3 is 19.1 Å². The zero-order valence-corrected chi connectivity index (χ0v) is 20.8. The number of carbonyl (C=O) groups is 1. The number of benzene rings is 3. The van der Waals surface area contributed by atoms with Crippen LogP contribution in [-0.4, -0.2) is 25.7 Å². The number of amides is 1. The van der Waals surface area contributed by atoms with Gasteiger partial charge in [0.1, 0.15) is 5.75 Å². The summed E-state index contributed by atoms with van der Waals surface area (Å²) in [5, 5.41) is 0.648. The van der Waals surface area contributed by atoms with Crippen LogP contribution in [0.4, 0.5) is 5.69 Å². The molecule has 3 aromatic carbocycles. The fourth-order valence-corrected chi connectivity index (χ4v) is 4.35. The third kappa shape index (κ3) is 4.85. The number of fused-ring (bicyclic) bond motifs is 1. The molecule has 1 aliphatic rings. The lowest BCUT2D eigenvalue weighted by Gasteiger charge is -2.38. The molecule has 0 aliphatic carbocycles. The van der Waals surface area contributed by atoms with Crippen molar-refractivity contribution in [2.75, 3.05) is 18.6 Å². The Balaban J connectivity index is 1.89. The minimum absolute atomic E-state index is 0.00987. The van der Waals surface area contributed by atoms with E-state index in [0.717, 1.165) is 34.5 Å². The highest BCUT2D eigenvalue weighted by atomic mass is 35.5.